The van der Waals surface area contributed by atoms with Gasteiger partial charge in [0.25, 0.3) is 0 Å². The second kappa shape index (κ2) is 4.97. The van der Waals surface area contributed by atoms with Gasteiger partial charge in [0.05, 0.1) is 7.11 Å². The Hall–Kier alpha value is -0.940. The van der Waals surface area contributed by atoms with E-state index in [0.29, 0.717) is 11.5 Å². The molecule has 3 nitrogen and oxygen atoms in total. The Morgan fingerprint density at radius 3 is 2.78 bits per heavy atom. The summed E-state index contributed by atoms with van der Waals surface area (Å²) in [5, 5.41) is 3.40. The quantitative estimate of drug-likeness (QED) is 0.894. The van der Waals surface area contributed by atoms with Gasteiger partial charge in [0.2, 0.25) is 0 Å². The van der Waals surface area contributed by atoms with Crippen molar-refractivity contribution in [1.29, 1.82) is 0 Å². The van der Waals surface area contributed by atoms with Gasteiger partial charge in [0.1, 0.15) is 0 Å². The van der Waals surface area contributed by atoms with E-state index in [1.165, 1.54) is 13.2 Å². The van der Waals surface area contributed by atoms with Crippen LogP contribution >= 0.6 is 0 Å². The van der Waals surface area contributed by atoms with Crippen LogP contribution in [0.25, 0.3) is 0 Å². The predicted octanol–water partition coefficient (Wildman–Crippen LogP) is 2.01. The van der Waals surface area contributed by atoms with Crippen LogP contribution in [0.15, 0.2) is 18.2 Å². The number of methoxy groups -OCH3 is 1. The molecule has 18 heavy (non-hydrogen) atoms. The van der Waals surface area contributed by atoms with Gasteiger partial charge >= 0.3 is 0 Å². The molecular formula is C13H18FNO2S. The summed E-state index contributed by atoms with van der Waals surface area (Å²) < 4.78 is 30.4. The predicted molar refractivity (Wildman–Crippen MR) is 70.8 cm³/mol. The van der Waals surface area contributed by atoms with E-state index in [2.05, 4.69) is 5.32 Å². The summed E-state index contributed by atoms with van der Waals surface area (Å²) in [7, 11) is 0.569. The molecule has 1 aliphatic rings. The molecule has 1 fully saturated rings. The van der Waals surface area contributed by atoms with E-state index in [4.69, 9.17) is 4.74 Å². The van der Waals surface area contributed by atoms with Crippen molar-refractivity contribution >= 4 is 10.8 Å². The lowest BCUT2D eigenvalue weighted by molar-refractivity contribution is 0.365. The zero-order valence-corrected chi connectivity index (χ0v) is 11.6. The van der Waals surface area contributed by atoms with E-state index in [9.17, 15) is 8.60 Å². The first-order valence-corrected chi connectivity index (χ1v) is 7.36. The Kier molecular flexibility index (Phi) is 3.73. The molecule has 0 aromatic heterocycles. The number of nitrogens with one attached hydrogen (secondary N) is 1. The van der Waals surface area contributed by atoms with E-state index in [0.717, 1.165) is 5.56 Å². The Labute approximate surface area is 109 Å². The van der Waals surface area contributed by atoms with Gasteiger partial charge in [0.15, 0.2) is 11.6 Å². The van der Waals surface area contributed by atoms with E-state index in [1.54, 1.807) is 6.07 Å². The highest BCUT2D eigenvalue weighted by Gasteiger charge is 2.32. The zero-order valence-electron chi connectivity index (χ0n) is 10.8. The fraction of sp³-hybridized carbons (Fsp3) is 0.538. The van der Waals surface area contributed by atoms with Crippen molar-refractivity contribution in [3.05, 3.63) is 29.6 Å². The van der Waals surface area contributed by atoms with E-state index < -0.39 is 10.8 Å². The molecule has 0 amide bonds. The normalized spacial score (nSPS) is 26.9. The maximum atomic E-state index is 13.7. The largest absolute Gasteiger partial charge is 0.494 e. The minimum Gasteiger partial charge on any atom is -0.494 e. The second-order valence-corrected chi connectivity index (χ2v) is 6.73. The molecule has 0 spiro atoms. The van der Waals surface area contributed by atoms with Crippen LogP contribution in [0.4, 0.5) is 4.39 Å². The van der Waals surface area contributed by atoms with Crippen molar-refractivity contribution in [3.8, 4) is 5.75 Å². The lowest BCUT2D eigenvalue weighted by Gasteiger charge is -2.36. The summed E-state index contributed by atoms with van der Waals surface area (Å²) in [6.07, 6.45) is 0. The first-order chi connectivity index (χ1) is 8.41. The Morgan fingerprint density at radius 2 is 2.22 bits per heavy atom. The smallest absolute Gasteiger partial charge is 0.165 e. The minimum atomic E-state index is -0.870. The molecule has 0 saturated carbocycles. The maximum Gasteiger partial charge on any atom is 0.165 e. The Balaban J connectivity index is 2.26. The molecule has 1 saturated heterocycles. The maximum absolute atomic E-state index is 13.7. The van der Waals surface area contributed by atoms with Crippen LogP contribution in [0.2, 0.25) is 0 Å². The molecule has 2 unspecified atom stereocenters. The number of benzene rings is 1. The summed E-state index contributed by atoms with van der Waals surface area (Å²) in [4.78, 5) is 0. The molecule has 100 valence electrons. The molecule has 5 heteroatoms. The van der Waals surface area contributed by atoms with Crippen molar-refractivity contribution in [1.82, 2.24) is 5.32 Å². The van der Waals surface area contributed by atoms with Crippen molar-refractivity contribution in [2.45, 2.75) is 25.4 Å². The Morgan fingerprint density at radius 1 is 1.50 bits per heavy atom. The minimum absolute atomic E-state index is 0.0741. The average Bonchev–Trinajstić information content (AvgIpc) is 2.26. The molecule has 1 aliphatic heterocycles. The van der Waals surface area contributed by atoms with Gasteiger partial charge in [-0.3, -0.25) is 4.21 Å². The van der Waals surface area contributed by atoms with Gasteiger partial charge < -0.3 is 10.1 Å². The third-order valence-electron chi connectivity index (χ3n) is 3.02. The van der Waals surface area contributed by atoms with E-state index in [-0.39, 0.29) is 23.1 Å². The molecule has 1 heterocycles. The van der Waals surface area contributed by atoms with Crippen molar-refractivity contribution in [2.75, 3.05) is 18.6 Å². The molecule has 0 bridgehead atoms. The second-order valence-electron chi connectivity index (χ2n) is 5.23. The fourth-order valence-corrected chi connectivity index (χ4v) is 3.93. The highest BCUT2D eigenvalue weighted by Crippen LogP contribution is 2.27. The van der Waals surface area contributed by atoms with Gasteiger partial charge in [-0.25, -0.2) is 4.39 Å². The molecule has 0 aliphatic carbocycles. The fourth-order valence-electron chi connectivity index (χ4n) is 2.28. The third kappa shape index (κ3) is 2.90. The van der Waals surface area contributed by atoms with Crippen molar-refractivity contribution in [3.63, 3.8) is 0 Å². The topological polar surface area (TPSA) is 38.3 Å². The molecular weight excluding hydrogens is 253 g/mol. The number of hydrogen-bond donors (Lipinski definition) is 1. The van der Waals surface area contributed by atoms with Gasteiger partial charge in [-0.1, -0.05) is 6.07 Å². The first-order valence-electron chi connectivity index (χ1n) is 5.87. The van der Waals surface area contributed by atoms with Crippen LogP contribution in [-0.4, -0.2) is 28.4 Å². The molecule has 2 rings (SSSR count). The van der Waals surface area contributed by atoms with Crippen LogP contribution in [-0.2, 0) is 10.8 Å². The SMILES string of the molecule is COc1ccc(C2CS(=O)CC(C)(C)N2)cc1F. The van der Waals surface area contributed by atoms with Crippen LogP contribution in [0.5, 0.6) is 5.75 Å². The highest BCUT2D eigenvalue weighted by atomic mass is 32.2. The summed E-state index contributed by atoms with van der Waals surface area (Å²) in [6, 6.07) is 4.81. The van der Waals surface area contributed by atoms with Gasteiger partial charge in [-0.05, 0) is 31.5 Å². The molecule has 1 N–H and O–H groups in total. The molecule has 1 aromatic rings. The summed E-state index contributed by atoms with van der Waals surface area (Å²) in [5.74, 6) is 0.998. The molecule has 0 radical (unpaired) electrons. The van der Waals surface area contributed by atoms with Crippen LogP contribution in [0, 0.1) is 5.82 Å². The van der Waals surface area contributed by atoms with Crippen LogP contribution < -0.4 is 10.1 Å². The van der Waals surface area contributed by atoms with Crippen LogP contribution in [0.3, 0.4) is 0 Å². The van der Waals surface area contributed by atoms with E-state index >= 15 is 0 Å². The van der Waals surface area contributed by atoms with Gasteiger partial charge in [-0.2, -0.15) is 0 Å². The summed E-state index contributed by atoms with van der Waals surface area (Å²) >= 11 is 0. The molecule has 2 atom stereocenters. The van der Waals surface area contributed by atoms with Gasteiger partial charge in [0, 0.05) is 33.9 Å². The van der Waals surface area contributed by atoms with E-state index in [1.807, 2.05) is 19.9 Å². The number of halogens is 1. The standard InChI is InChI=1S/C13H18FNO2S/c1-13(2)8-18(16)7-11(15-13)9-4-5-12(17-3)10(14)6-9/h4-6,11,15H,7-8H2,1-3H3. The summed E-state index contributed by atoms with van der Waals surface area (Å²) in [6.45, 7) is 4.02. The number of rotatable bonds is 2. The van der Waals surface area contributed by atoms with Crippen LogP contribution in [0.1, 0.15) is 25.5 Å². The number of hydrogen-bond acceptors (Lipinski definition) is 3. The molecule has 1 aromatic carbocycles. The Bertz CT molecular complexity index is 476. The number of ether oxygens (including phenoxy) is 1. The third-order valence-corrected chi connectivity index (χ3v) is 4.77. The first kappa shape index (κ1) is 13.5. The monoisotopic (exact) mass is 271 g/mol. The zero-order chi connectivity index (χ0) is 13.3. The lowest BCUT2D eigenvalue weighted by Crippen LogP contribution is -2.52. The van der Waals surface area contributed by atoms with Gasteiger partial charge in [-0.15, -0.1) is 0 Å². The van der Waals surface area contributed by atoms with Crippen molar-refractivity contribution in [2.24, 2.45) is 0 Å². The summed E-state index contributed by atoms with van der Waals surface area (Å²) in [5.41, 5.74) is 0.624. The highest BCUT2D eigenvalue weighted by molar-refractivity contribution is 7.85. The average molecular weight is 271 g/mol. The lowest BCUT2D eigenvalue weighted by atomic mass is 10.0. The van der Waals surface area contributed by atoms with Crippen molar-refractivity contribution < 1.29 is 13.3 Å².